The predicted molar refractivity (Wildman–Crippen MR) is 48.2 cm³/mol. The van der Waals surface area contributed by atoms with E-state index in [2.05, 4.69) is 11.7 Å². The van der Waals surface area contributed by atoms with Gasteiger partial charge in [-0.1, -0.05) is 13.3 Å². The highest BCUT2D eigenvalue weighted by Gasteiger charge is 1.94. The lowest BCUT2D eigenvalue weighted by atomic mass is 10.4. The van der Waals surface area contributed by atoms with Gasteiger partial charge in [0.05, 0.1) is 25.9 Å². The average molecular weight is 176 g/mol. The third-order valence-corrected chi connectivity index (χ3v) is 1.21. The molecular formula is C9H20O3. The Balaban J connectivity index is 0.000000330. The monoisotopic (exact) mass is 176 g/mol. The van der Waals surface area contributed by atoms with Crippen LogP contribution in [0.5, 0.6) is 0 Å². The average Bonchev–Trinajstić information content (AvgIpc) is 2.83. The number of ether oxygens (including phenoxy) is 2. The van der Waals surface area contributed by atoms with Gasteiger partial charge in [0.25, 0.3) is 0 Å². The zero-order chi connectivity index (χ0) is 9.23. The zero-order valence-corrected chi connectivity index (χ0v) is 8.08. The zero-order valence-electron chi connectivity index (χ0n) is 8.08. The van der Waals surface area contributed by atoms with E-state index in [1.54, 1.807) is 6.92 Å². The third kappa shape index (κ3) is 16.5. The van der Waals surface area contributed by atoms with Gasteiger partial charge >= 0.3 is 0 Å². The Morgan fingerprint density at radius 2 is 2.08 bits per heavy atom. The van der Waals surface area contributed by atoms with Crippen LogP contribution in [-0.2, 0) is 9.47 Å². The van der Waals surface area contributed by atoms with Gasteiger partial charge in [-0.25, -0.2) is 0 Å². The number of unbranched alkanes of at least 4 members (excludes halogenated alkanes) is 1. The third-order valence-electron chi connectivity index (χ3n) is 1.21. The summed E-state index contributed by atoms with van der Waals surface area (Å²) in [5, 5.41) is 8.73. The Morgan fingerprint density at radius 3 is 2.42 bits per heavy atom. The van der Waals surface area contributed by atoms with Gasteiger partial charge in [0, 0.05) is 6.61 Å². The first-order chi connectivity index (χ1) is 5.77. The van der Waals surface area contributed by atoms with Gasteiger partial charge < -0.3 is 14.6 Å². The van der Waals surface area contributed by atoms with Crippen LogP contribution in [0.25, 0.3) is 0 Å². The molecule has 1 fully saturated rings. The van der Waals surface area contributed by atoms with Crippen molar-refractivity contribution in [3.05, 3.63) is 0 Å². The van der Waals surface area contributed by atoms with E-state index in [1.165, 1.54) is 0 Å². The van der Waals surface area contributed by atoms with Gasteiger partial charge in [-0.05, 0) is 13.3 Å². The molecule has 0 spiro atoms. The molecule has 0 aliphatic carbocycles. The number of hydrogen-bond donors (Lipinski definition) is 1. The molecule has 1 aliphatic rings. The summed E-state index contributed by atoms with van der Waals surface area (Å²) in [5.41, 5.74) is 0. The molecule has 74 valence electrons. The Bertz CT molecular complexity index is 79.1. The van der Waals surface area contributed by atoms with E-state index in [0.29, 0.717) is 6.61 Å². The summed E-state index contributed by atoms with van der Waals surface area (Å²) < 4.78 is 9.59. The molecule has 1 atom stereocenters. The normalized spacial score (nSPS) is 16.2. The number of aliphatic hydroxyl groups excluding tert-OH is 1. The Kier molecular flexibility index (Phi) is 8.88. The number of rotatable bonds is 5. The van der Waals surface area contributed by atoms with Crippen LogP contribution in [0.15, 0.2) is 0 Å². The smallest absolute Gasteiger partial charge is 0.0745 e. The fourth-order valence-corrected chi connectivity index (χ4v) is 0.500. The minimum Gasteiger partial charge on any atom is -0.391 e. The molecule has 0 radical (unpaired) electrons. The van der Waals surface area contributed by atoms with Crippen LogP contribution in [0.4, 0.5) is 0 Å². The van der Waals surface area contributed by atoms with Crippen molar-refractivity contribution in [2.24, 2.45) is 0 Å². The fourth-order valence-electron chi connectivity index (χ4n) is 0.500. The minimum atomic E-state index is -0.318. The van der Waals surface area contributed by atoms with Gasteiger partial charge in [-0.15, -0.1) is 0 Å². The molecule has 0 bridgehead atoms. The van der Waals surface area contributed by atoms with E-state index in [9.17, 15) is 0 Å². The maximum absolute atomic E-state index is 8.73. The molecule has 3 heteroatoms. The van der Waals surface area contributed by atoms with Crippen molar-refractivity contribution in [3.63, 3.8) is 0 Å². The highest BCUT2D eigenvalue weighted by Crippen LogP contribution is 1.89. The van der Waals surface area contributed by atoms with Crippen molar-refractivity contribution in [3.8, 4) is 0 Å². The SMILES string of the molecule is C1CO1.CCCCOCC(C)O. The molecule has 0 aromatic heterocycles. The Labute approximate surface area is 74.7 Å². The summed E-state index contributed by atoms with van der Waals surface area (Å²) in [6.45, 7) is 7.10. The largest absolute Gasteiger partial charge is 0.391 e. The molecule has 1 unspecified atom stereocenters. The number of aliphatic hydroxyl groups is 1. The van der Waals surface area contributed by atoms with E-state index in [0.717, 1.165) is 32.7 Å². The van der Waals surface area contributed by atoms with Crippen molar-refractivity contribution in [2.45, 2.75) is 32.8 Å². The Hall–Kier alpha value is -0.120. The van der Waals surface area contributed by atoms with Crippen LogP contribution >= 0.6 is 0 Å². The maximum Gasteiger partial charge on any atom is 0.0745 e. The molecule has 12 heavy (non-hydrogen) atoms. The quantitative estimate of drug-likeness (QED) is 0.505. The molecule has 0 aromatic rings. The van der Waals surface area contributed by atoms with Crippen molar-refractivity contribution in [2.75, 3.05) is 26.4 Å². The van der Waals surface area contributed by atoms with Crippen molar-refractivity contribution in [1.82, 2.24) is 0 Å². The summed E-state index contributed by atoms with van der Waals surface area (Å²) in [4.78, 5) is 0. The lowest BCUT2D eigenvalue weighted by Crippen LogP contribution is -2.10. The molecule has 1 rings (SSSR count). The number of hydrogen-bond acceptors (Lipinski definition) is 3. The molecule has 1 aliphatic heterocycles. The summed E-state index contributed by atoms with van der Waals surface area (Å²) >= 11 is 0. The molecule has 1 N–H and O–H groups in total. The van der Waals surface area contributed by atoms with E-state index in [4.69, 9.17) is 9.84 Å². The van der Waals surface area contributed by atoms with Crippen molar-refractivity contribution >= 4 is 0 Å². The van der Waals surface area contributed by atoms with Gasteiger partial charge in [0.1, 0.15) is 0 Å². The molecular weight excluding hydrogens is 156 g/mol. The van der Waals surface area contributed by atoms with Gasteiger partial charge in [0.2, 0.25) is 0 Å². The fraction of sp³-hybridized carbons (Fsp3) is 1.00. The molecule has 0 saturated carbocycles. The van der Waals surface area contributed by atoms with E-state index in [-0.39, 0.29) is 6.10 Å². The highest BCUT2D eigenvalue weighted by atomic mass is 16.6. The van der Waals surface area contributed by atoms with Crippen LogP contribution in [0.1, 0.15) is 26.7 Å². The van der Waals surface area contributed by atoms with Crippen LogP contribution in [0.3, 0.4) is 0 Å². The first-order valence-corrected chi connectivity index (χ1v) is 4.61. The Morgan fingerprint density at radius 1 is 1.50 bits per heavy atom. The van der Waals surface area contributed by atoms with Gasteiger partial charge in [-0.2, -0.15) is 0 Å². The first kappa shape index (κ1) is 11.9. The second-order valence-electron chi connectivity index (χ2n) is 2.89. The van der Waals surface area contributed by atoms with E-state index < -0.39 is 0 Å². The van der Waals surface area contributed by atoms with Crippen LogP contribution in [0.2, 0.25) is 0 Å². The molecule has 1 heterocycles. The maximum atomic E-state index is 8.73. The summed E-state index contributed by atoms with van der Waals surface area (Å²) in [7, 11) is 0. The summed E-state index contributed by atoms with van der Waals surface area (Å²) in [5.74, 6) is 0. The van der Waals surface area contributed by atoms with E-state index >= 15 is 0 Å². The molecule has 3 nitrogen and oxygen atoms in total. The molecule has 0 aromatic carbocycles. The van der Waals surface area contributed by atoms with Crippen LogP contribution in [-0.4, -0.2) is 37.6 Å². The van der Waals surface area contributed by atoms with Crippen molar-refractivity contribution < 1.29 is 14.6 Å². The predicted octanol–water partition coefficient (Wildman–Crippen LogP) is 1.20. The van der Waals surface area contributed by atoms with Gasteiger partial charge in [0.15, 0.2) is 0 Å². The van der Waals surface area contributed by atoms with Gasteiger partial charge in [-0.3, -0.25) is 0 Å². The lowest BCUT2D eigenvalue weighted by Gasteiger charge is -2.03. The summed E-state index contributed by atoms with van der Waals surface area (Å²) in [6, 6.07) is 0. The van der Waals surface area contributed by atoms with Crippen molar-refractivity contribution in [1.29, 1.82) is 0 Å². The topological polar surface area (TPSA) is 42.0 Å². The second-order valence-corrected chi connectivity index (χ2v) is 2.89. The molecule has 1 saturated heterocycles. The first-order valence-electron chi connectivity index (χ1n) is 4.61. The van der Waals surface area contributed by atoms with E-state index in [1.807, 2.05) is 0 Å². The second kappa shape index (κ2) is 8.97. The standard InChI is InChI=1S/C7H16O2.C2H4O/c1-3-4-5-9-6-7(2)8;1-2-3-1/h7-8H,3-6H2,1-2H3;1-2H2. The number of epoxide rings is 1. The lowest BCUT2D eigenvalue weighted by molar-refractivity contribution is 0.0450. The summed E-state index contributed by atoms with van der Waals surface area (Å²) in [6.07, 6.45) is 1.92. The minimum absolute atomic E-state index is 0.318. The van der Waals surface area contributed by atoms with Crippen LogP contribution in [0, 0.1) is 0 Å². The van der Waals surface area contributed by atoms with Crippen LogP contribution < -0.4 is 0 Å². The highest BCUT2D eigenvalue weighted by molar-refractivity contribution is 4.41. The molecule has 0 amide bonds.